The maximum atomic E-state index is 12.5. The summed E-state index contributed by atoms with van der Waals surface area (Å²) in [7, 11) is 0. The molecule has 0 saturated heterocycles. The van der Waals surface area contributed by atoms with E-state index in [4.69, 9.17) is 0 Å². The molecular formula is C13H11F3O. The third kappa shape index (κ3) is 2.40. The Morgan fingerprint density at radius 1 is 1.18 bits per heavy atom. The molecule has 0 atom stereocenters. The van der Waals surface area contributed by atoms with Crippen molar-refractivity contribution in [3.05, 3.63) is 41.0 Å². The molecule has 0 amide bonds. The van der Waals surface area contributed by atoms with Gasteiger partial charge >= 0.3 is 6.18 Å². The predicted octanol–water partition coefficient (Wildman–Crippen LogP) is 3.76. The number of halogens is 3. The minimum Gasteiger partial charge on any atom is -0.295 e. The fourth-order valence-corrected chi connectivity index (χ4v) is 2.01. The molecule has 0 spiro atoms. The number of carbonyl (C=O) groups excluding carboxylic acids is 1. The van der Waals surface area contributed by atoms with Gasteiger partial charge in [-0.1, -0.05) is 6.07 Å². The minimum atomic E-state index is -4.32. The van der Waals surface area contributed by atoms with Crippen LogP contribution in [0.4, 0.5) is 13.2 Å². The van der Waals surface area contributed by atoms with Crippen LogP contribution in [-0.4, -0.2) is 5.78 Å². The lowest BCUT2D eigenvalue weighted by molar-refractivity contribution is -0.137. The Morgan fingerprint density at radius 3 is 2.35 bits per heavy atom. The Bertz CT molecular complexity index is 498. The number of rotatable bonds is 1. The highest BCUT2D eigenvalue weighted by molar-refractivity contribution is 6.01. The molecule has 1 aromatic rings. The van der Waals surface area contributed by atoms with E-state index >= 15 is 0 Å². The molecule has 1 nitrogen and oxygen atoms in total. The Kier molecular flexibility index (Phi) is 2.81. The van der Waals surface area contributed by atoms with Crippen LogP contribution >= 0.6 is 0 Å². The zero-order valence-corrected chi connectivity index (χ0v) is 9.27. The van der Waals surface area contributed by atoms with E-state index in [1.54, 1.807) is 6.92 Å². The molecule has 0 heterocycles. The van der Waals surface area contributed by atoms with Crippen molar-refractivity contribution in [1.82, 2.24) is 0 Å². The quantitative estimate of drug-likeness (QED) is 0.730. The normalized spacial score (nSPS) is 16.2. The van der Waals surface area contributed by atoms with E-state index in [9.17, 15) is 18.0 Å². The molecule has 2 rings (SSSR count). The van der Waals surface area contributed by atoms with Gasteiger partial charge in [0, 0.05) is 6.42 Å². The van der Waals surface area contributed by atoms with Gasteiger partial charge in [-0.25, -0.2) is 0 Å². The average molecular weight is 240 g/mol. The molecule has 4 heteroatoms. The van der Waals surface area contributed by atoms with Crippen LogP contribution < -0.4 is 0 Å². The molecule has 0 saturated carbocycles. The van der Waals surface area contributed by atoms with E-state index in [0.29, 0.717) is 18.4 Å². The molecule has 17 heavy (non-hydrogen) atoms. The molecule has 0 N–H and O–H groups in total. The smallest absolute Gasteiger partial charge is 0.295 e. The fourth-order valence-electron chi connectivity index (χ4n) is 2.01. The summed E-state index contributed by atoms with van der Waals surface area (Å²) in [6.07, 6.45) is -1.72. The lowest BCUT2D eigenvalue weighted by atomic mass is 9.98. The SMILES string of the molecule is Cc1cc(C(F)(F)F)ccc1C1=CC(=O)CC1. The Labute approximate surface area is 96.9 Å². The topological polar surface area (TPSA) is 17.1 Å². The van der Waals surface area contributed by atoms with Gasteiger partial charge in [-0.05, 0) is 48.3 Å². The third-order valence-electron chi connectivity index (χ3n) is 2.88. The fraction of sp³-hybridized carbons (Fsp3) is 0.308. The highest BCUT2D eigenvalue weighted by Gasteiger charge is 2.30. The molecule has 0 radical (unpaired) electrons. The molecule has 0 bridgehead atoms. The zero-order chi connectivity index (χ0) is 12.6. The van der Waals surface area contributed by atoms with Gasteiger partial charge in [0.15, 0.2) is 5.78 Å². The number of allylic oxidation sites excluding steroid dienone is 2. The Balaban J connectivity index is 2.39. The van der Waals surface area contributed by atoms with Crippen LogP contribution in [0.2, 0.25) is 0 Å². The molecule has 0 fully saturated rings. The molecule has 0 unspecified atom stereocenters. The molecular weight excluding hydrogens is 229 g/mol. The van der Waals surface area contributed by atoms with E-state index in [-0.39, 0.29) is 5.78 Å². The van der Waals surface area contributed by atoms with Gasteiger partial charge in [0.25, 0.3) is 0 Å². The summed E-state index contributed by atoms with van der Waals surface area (Å²) in [4.78, 5) is 11.1. The van der Waals surface area contributed by atoms with Gasteiger partial charge in [-0.15, -0.1) is 0 Å². The largest absolute Gasteiger partial charge is 0.416 e. The molecule has 1 aliphatic rings. The van der Waals surface area contributed by atoms with Crippen molar-refractivity contribution in [2.24, 2.45) is 0 Å². The number of aryl methyl sites for hydroxylation is 1. The summed E-state index contributed by atoms with van der Waals surface area (Å²) in [5.41, 5.74) is 1.48. The van der Waals surface area contributed by atoms with Gasteiger partial charge in [0.05, 0.1) is 5.56 Å². The van der Waals surface area contributed by atoms with E-state index in [0.717, 1.165) is 23.3 Å². The molecule has 0 aromatic heterocycles. The highest BCUT2D eigenvalue weighted by atomic mass is 19.4. The van der Waals surface area contributed by atoms with Crippen LogP contribution in [0.1, 0.15) is 29.5 Å². The van der Waals surface area contributed by atoms with E-state index in [1.807, 2.05) is 0 Å². The van der Waals surface area contributed by atoms with E-state index < -0.39 is 11.7 Å². The van der Waals surface area contributed by atoms with Crippen LogP contribution in [0.5, 0.6) is 0 Å². The van der Waals surface area contributed by atoms with E-state index in [1.165, 1.54) is 12.1 Å². The average Bonchev–Trinajstić information content (AvgIpc) is 2.63. The first-order chi connectivity index (χ1) is 7.88. The number of ketones is 1. The lowest BCUT2D eigenvalue weighted by Gasteiger charge is -2.11. The molecule has 90 valence electrons. The third-order valence-corrected chi connectivity index (χ3v) is 2.88. The summed E-state index contributed by atoms with van der Waals surface area (Å²) in [5.74, 6) is 0.0410. The predicted molar refractivity (Wildman–Crippen MR) is 58.4 cm³/mol. The van der Waals surface area contributed by atoms with Gasteiger partial charge in [0.1, 0.15) is 0 Å². The monoisotopic (exact) mass is 240 g/mol. The van der Waals surface area contributed by atoms with Gasteiger partial charge in [-0.2, -0.15) is 13.2 Å². The summed E-state index contributed by atoms with van der Waals surface area (Å²) in [5, 5.41) is 0. The van der Waals surface area contributed by atoms with Crippen LogP contribution in [0.15, 0.2) is 24.3 Å². The maximum absolute atomic E-state index is 12.5. The number of hydrogen-bond acceptors (Lipinski definition) is 1. The summed E-state index contributed by atoms with van der Waals surface area (Å²) in [6.45, 7) is 1.63. The van der Waals surface area contributed by atoms with Crippen molar-refractivity contribution >= 4 is 11.4 Å². The molecule has 1 aromatic carbocycles. The number of carbonyl (C=O) groups is 1. The van der Waals surface area contributed by atoms with E-state index in [2.05, 4.69) is 0 Å². The number of hydrogen-bond donors (Lipinski definition) is 0. The molecule has 1 aliphatic carbocycles. The maximum Gasteiger partial charge on any atom is 0.416 e. The Morgan fingerprint density at radius 2 is 1.88 bits per heavy atom. The van der Waals surface area contributed by atoms with Gasteiger partial charge in [0.2, 0.25) is 0 Å². The van der Waals surface area contributed by atoms with Crippen LogP contribution in [0, 0.1) is 6.92 Å². The number of alkyl halides is 3. The van der Waals surface area contributed by atoms with Crippen LogP contribution in [-0.2, 0) is 11.0 Å². The van der Waals surface area contributed by atoms with Crippen LogP contribution in [0.3, 0.4) is 0 Å². The van der Waals surface area contributed by atoms with Crippen molar-refractivity contribution in [2.75, 3.05) is 0 Å². The summed E-state index contributed by atoms with van der Waals surface area (Å²) < 4.78 is 37.4. The van der Waals surface area contributed by atoms with Gasteiger partial charge in [-0.3, -0.25) is 4.79 Å². The molecule has 0 aliphatic heterocycles. The first kappa shape index (κ1) is 11.9. The van der Waals surface area contributed by atoms with Crippen molar-refractivity contribution < 1.29 is 18.0 Å². The zero-order valence-electron chi connectivity index (χ0n) is 9.27. The second-order valence-corrected chi connectivity index (χ2v) is 4.16. The van der Waals surface area contributed by atoms with Crippen LogP contribution in [0.25, 0.3) is 5.57 Å². The van der Waals surface area contributed by atoms with Crippen molar-refractivity contribution in [2.45, 2.75) is 25.9 Å². The second kappa shape index (κ2) is 4.02. The number of benzene rings is 1. The Hall–Kier alpha value is -1.58. The lowest BCUT2D eigenvalue weighted by Crippen LogP contribution is -2.05. The first-order valence-corrected chi connectivity index (χ1v) is 5.29. The standard InChI is InChI=1S/C13H11F3O/c1-8-6-10(13(14,15)16)3-5-12(8)9-2-4-11(17)7-9/h3,5-7H,2,4H2,1H3. The van der Waals surface area contributed by atoms with Crippen molar-refractivity contribution in [1.29, 1.82) is 0 Å². The highest BCUT2D eigenvalue weighted by Crippen LogP contribution is 2.34. The first-order valence-electron chi connectivity index (χ1n) is 5.29. The van der Waals surface area contributed by atoms with Crippen molar-refractivity contribution in [3.63, 3.8) is 0 Å². The summed E-state index contributed by atoms with van der Waals surface area (Å²) >= 11 is 0. The second-order valence-electron chi connectivity index (χ2n) is 4.16. The van der Waals surface area contributed by atoms with Crippen molar-refractivity contribution in [3.8, 4) is 0 Å². The minimum absolute atomic E-state index is 0.0410. The summed E-state index contributed by atoms with van der Waals surface area (Å²) in [6, 6.07) is 3.63. The van der Waals surface area contributed by atoms with Gasteiger partial charge < -0.3 is 0 Å².